The lowest BCUT2D eigenvalue weighted by molar-refractivity contribution is -0.136. The van der Waals surface area contributed by atoms with Crippen LogP contribution in [0.25, 0.3) is 10.9 Å². The molecule has 3 rings (SSSR count). The van der Waals surface area contributed by atoms with E-state index < -0.39 is 5.97 Å². The molecule has 0 unspecified atom stereocenters. The summed E-state index contributed by atoms with van der Waals surface area (Å²) in [5.41, 5.74) is 2.66. The molecule has 106 valence electrons. The van der Waals surface area contributed by atoms with Crippen LogP contribution in [0.1, 0.15) is 11.3 Å². The van der Waals surface area contributed by atoms with E-state index in [0.29, 0.717) is 6.54 Å². The standard InChI is InChI=1S/C17H14FNO2/c18-14-7-5-12(6-8-14)11-19-15(10-17(20)21)9-13-3-1-2-4-16(13)19/h1-9H,10-11H2,(H,20,21). The number of benzene rings is 2. The van der Waals surface area contributed by atoms with Gasteiger partial charge in [0.25, 0.3) is 0 Å². The minimum absolute atomic E-state index is 0.0319. The molecule has 0 aliphatic heterocycles. The average Bonchev–Trinajstić information content (AvgIpc) is 2.78. The SMILES string of the molecule is O=C(O)Cc1cc2ccccc2n1Cc1ccc(F)cc1. The summed E-state index contributed by atoms with van der Waals surface area (Å²) in [5.74, 6) is -1.14. The van der Waals surface area contributed by atoms with Crippen LogP contribution in [-0.2, 0) is 17.8 Å². The van der Waals surface area contributed by atoms with E-state index >= 15 is 0 Å². The Balaban J connectivity index is 2.05. The van der Waals surface area contributed by atoms with E-state index in [2.05, 4.69) is 0 Å². The number of rotatable bonds is 4. The second kappa shape index (κ2) is 5.40. The van der Waals surface area contributed by atoms with Gasteiger partial charge in [0, 0.05) is 17.8 Å². The van der Waals surface area contributed by atoms with Gasteiger partial charge >= 0.3 is 5.97 Å². The normalized spacial score (nSPS) is 10.9. The van der Waals surface area contributed by atoms with E-state index in [9.17, 15) is 9.18 Å². The molecule has 0 saturated heterocycles. The molecule has 0 aliphatic carbocycles. The van der Waals surface area contributed by atoms with Crippen LogP contribution in [0.15, 0.2) is 54.6 Å². The summed E-state index contributed by atoms with van der Waals surface area (Å²) < 4.78 is 15.0. The van der Waals surface area contributed by atoms with Crippen LogP contribution in [0, 0.1) is 5.82 Å². The van der Waals surface area contributed by atoms with E-state index in [1.807, 2.05) is 34.9 Å². The first kappa shape index (κ1) is 13.4. The molecule has 0 fully saturated rings. The highest BCUT2D eigenvalue weighted by molar-refractivity contribution is 5.83. The van der Waals surface area contributed by atoms with Crippen molar-refractivity contribution in [2.24, 2.45) is 0 Å². The zero-order valence-corrected chi connectivity index (χ0v) is 11.3. The van der Waals surface area contributed by atoms with Crippen molar-refractivity contribution >= 4 is 16.9 Å². The fourth-order valence-corrected chi connectivity index (χ4v) is 2.53. The highest BCUT2D eigenvalue weighted by Gasteiger charge is 2.11. The summed E-state index contributed by atoms with van der Waals surface area (Å²) in [4.78, 5) is 11.0. The molecule has 0 radical (unpaired) electrons. The fourth-order valence-electron chi connectivity index (χ4n) is 2.53. The maximum atomic E-state index is 13.0. The lowest BCUT2D eigenvalue weighted by atomic mass is 10.2. The molecule has 3 aromatic rings. The molecular weight excluding hydrogens is 269 g/mol. The van der Waals surface area contributed by atoms with Crippen LogP contribution in [0.4, 0.5) is 4.39 Å². The van der Waals surface area contributed by atoms with Crippen molar-refractivity contribution in [1.82, 2.24) is 4.57 Å². The number of hydrogen-bond donors (Lipinski definition) is 1. The number of halogens is 1. The Bertz CT molecular complexity index is 790. The summed E-state index contributed by atoms with van der Waals surface area (Å²) >= 11 is 0. The van der Waals surface area contributed by atoms with Gasteiger partial charge in [0.1, 0.15) is 5.82 Å². The number of nitrogens with zero attached hydrogens (tertiary/aromatic N) is 1. The Kier molecular flexibility index (Phi) is 3.44. The van der Waals surface area contributed by atoms with E-state index in [1.165, 1.54) is 12.1 Å². The predicted molar refractivity (Wildman–Crippen MR) is 78.8 cm³/mol. The molecule has 0 amide bonds. The minimum Gasteiger partial charge on any atom is -0.481 e. The van der Waals surface area contributed by atoms with Gasteiger partial charge in [-0.3, -0.25) is 4.79 Å². The first-order chi connectivity index (χ1) is 10.1. The molecule has 1 aromatic heterocycles. The smallest absolute Gasteiger partial charge is 0.309 e. The summed E-state index contributed by atoms with van der Waals surface area (Å²) in [6.45, 7) is 0.524. The topological polar surface area (TPSA) is 42.2 Å². The highest BCUT2D eigenvalue weighted by Crippen LogP contribution is 2.22. The fraction of sp³-hybridized carbons (Fsp3) is 0.118. The average molecular weight is 283 g/mol. The molecule has 0 spiro atoms. The van der Waals surface area contributed by atoms with Crippen molar-refractivity contribution in [2.75, 3.05) is 0 Å². The van der Waals surface area contributed by atoms with Crippen LogP contribution < -0.4 is 0 Å². The number of fused-ring (bicyclic) bond motifs is 1. The summed E-state index contributed by atoms with van der Waals surface area (Å²) in [7, 11) is 0. The van der Waals surface area contributed by atoms with E-state index in [1.54, 1.807) is 12.1 Å². The number of carbonyl (C=O) groups is 1. The van der Waals surface area contributed by atoms with Crippen molar-refractivity contribution in [3.05, 3.63) is 71.7 Å². The van der Waals surface area contributed by atoms with Crippen LogP contribution in [0.5, 0.6) is 0 Å². The molecule has 1 N–H and O–H groups in total. The first-order valence-electron chi connectivity index (χ1n) is 6.67. The number of aromatic nitrogens is 1. The Morgan fingerprint density at radius 1 is 1.10 bits per heavy atom. The summed E-state index contributed by atoms with van der Waals surface area (Å²) in [5, 5.41) is 10.1. The molecule has 0 atom stereocenters. The second-order valence-corrected chi connectivity index (χ2v) is 4.98. The zero-order chi connectivity index (χ0) is 14.8. The number of aliphatic carboxylic acids is 1. The van der Waals surface area contributed by atoms with Gasteiger partial charge in [0.05, 0.1) is 6.42 Å². The molecule has 0 aliphatic rings. The monoisotopic (exact) mass is 283 g/mol. The van der Waals surface area contributed by atoms with Crippen molar-refractivity contribution in [2.45, 2.75) is 13.0 Å². The van der Waals surface area contributed by atoms with Crippen molar-refractivity contribution < 1.29 is 14.3 Å². The third kappa shape index (κ3) is 2.79. The third-order valence-electron chi connectivity index (χ3n) is 3.48. The van der Waals surface area contributed by atoms with Gasteiger partial charge in [-0.1, -0.05) is 30.3 Å². The van der Waals surface area contributed by atoms with E-state index in [4.69, 9.17) is 5.11 Å². The van der Waals surface area contributed by atoms with Crippen molar-refractivity contribution in [3.8, 4) is 0 Å². The van der Waals surface area contributed by atoms with Gasteiger partial charge < -0.3 is 9.67 Å². The second-order valence-electron chi connectivity index (χ2n) is 4.98. The number of carboxylic acids is 1. The molecule has 0 saturated carbocycles. The Labute approximate surface area is 121 Å². The number of hydrogen-bond acceptors (Lipinski definition) is 1. The lowest BCUT2D eigenvalue weighted by Crippen LogP contribution is -2.09. The quantitative estimate of drug-likeness (QED) is 0.796. The minimum atomic E-state index is -0.863. The van der Waals surface area contributed by atoms with Crippen LogP contribution in [-0.4, -0.2) is 15.6 Å². The highest BCUT2D eigenvalue weighted by atomic mass is 19.1. The van der Waals surface area contributed by atoms with Gasteiger partial charge in [-0.25, -0.2) is 4.39 Å². The summed E-state index contributed by atoms with van der Waals surface area (Å²) in [6, 6.07) is 15.9. The van der Waals surface area contributed by atoms with Gasteiger partial charge in [-0.2, -0.15) is 0 Å². The van der Waals surface area contributed by atoms with Gasteiger partial charge in [-0.05, 0) is 35.2 Å². The summed E-state index contributed by atoms with van der Waals surface area (Å²) in [6.07, 6.45) is -0.0319. The number of carboxylic acid groups (broad SMARTS) is 1. The zero-order valence-electron chi connectivity index (χ0n) is 11.3. The molecular formula is C17H14FNO2. The largest absolute Gasteiger partial charge is 0.481 e. The molecule has 1 heterocycles. The molecule has 3 nitrogen and oxygen atoms in total. The van der Waals surface area contributed by atoms with E-state index in [-0.39, 0.29) is 12.2 Å². The van der Waals surface area contributed by atoms with Gasteiger partial charge in [-0.15, -0.1) is 0 Å². The molecule has 2 aromatic carbocycles. The predicted octanol–water partition coefficient (Wildman–Crippen LogP) is 3.46. The van der Waals surface area contributed by atoms with E-state index in [0.717, 1.165) is 22.2 Å². The van der Waals surface area contributed by atoms with Crippen molar-refractivity contribution in [3.63, 3.8) is 0 Å². The third-order valence-corrected chi connectivity index (χ3v) is 3.48. The van der Waals surface area contributed by atoms with Gasteiger partial charge in [0.15, 0.2) is 0 Å². The van der Waals surface area contributed by atoms with Crippen molar-refractivity contribution in [1.29, 1.82) is 0 Å². The lowest BCUT2D eigenvalue weighted by Gasteiger charge is -2.10. The maximum absolute atomic E-state index is 13.0. The first-order valence-corrected chi connectivity index (χ1v) is 6.67. The molecule has 21 heavy (non-hydrogen) atoms. The van der Waals surface area contributed by atoms with Gasteiger partial charge in [0.2, 0.25) is 0 Å². The van der Waals surface area contributed by atoms with Crippen LogP contribution >= 0.6 is 0 Å². The maximum Gasteiger partial charge on any atom is 0.309 e. The van der Waals surface area contributed by atoms with Crippen LogP contribution in [0.3, 0.4) is 0 Å². The number of para-hydroxylation sites is 1. The Morgan fingerprint density at radius 3 is 2.52 bits per heavy atom. The Hall–Kier alpha value is -2.62. The van der Waals surface area contributed by atoms with Crippen LogP contribution in [0.2, 0.25) is 0 Å². The molecule has 4 heteroatoms. The Morgan fingerprint density at radius 2 is 1.81 bits per heavy atom. The molecule has 0 bridgehead atoms.